The first-order valence-electron chi connectivity index (χ1n) is 23.4. The SMILES string of the molecule is COc1ccc(C(Nc2nc(C)c3sc(=O)n(C4O[C@H]([C@H](C)O)CC4C(C)(C)C)c3n2)(c2ccccc2)c2ccccc2)cc1.Cc1nc(N)nc2c1sc(=O)n2C1O[C@H]([C@H](C)O)CC1C(C)(C)C. The Morgan fingerprint density at radius 2 is 1.09 bits per heavy atom. The van der Waals surface area contributed by atoms with Crippen LogP contribution in [0.2, 0.25) is 0 Å². The van der Waals surface area contributed by atoms with Gasteiger partial charge in [-0.25, -0.2) is 9.97 Å². The fourth-order valence-corrected chi connectivity index (χ4v) is 11.6. The Kier molecular flexibility index (Phi) is 14.0. The Hall–Kier alpha value is -5.56. The average molecular weight is 977 g/mol. The molecule has 7 aromatic rings. The Balaban J connectivity index is 0.000000225. The number of aliphatic hydroxyl groups is 2. The molecule has 15 nitrogen and oxygen atoms in total. The van der Waals surface area contributed by atoms with Crippen molar-refractivity contribution in [3.8, 4) is 5.75 Å². The third-order valence-corrected chi connectivity index (χ3v) is 15.7. The summed E-state index contributed by atoms with van der Waals surface area (Å²) in [5.41, 5.74) is 10.0. The van der Waals surface area contributed by atoms with Gasteiger partial charge in [0.25, 0.3) is 0 Å². The lowest BCUT2D eigenvalue weighted by molar-refractivity contribution is -0.0672. The summed E-state index contributed by atoms with van der Waals surface area (Å²) in [5.74, 6) is 1.34. The van der Waals surface area contributed by atoms with Gasteiger partial charge < -0.3 is 35.5 Å². The Morgan fingerprint density at radius 1 is 0.667 bits per heavy atom. The molecule has 0 saturated carbocycles. The molecule has 0 radical (unpaired) electrons. The number of aliphatic hydroxyl groups excluding tert-OH is 2. The molecule has 0 aliphatic carbocycles. The lowest BCUT2D eigenvalue weighted by atomic mass is 9.77. The second-order valence-electron chi connectivity index (χ2n) is 20.4. The summed E-state index contributed by atoms with van der Waals surface area (Å²) in [6.45, 7) is 20.0. The molecule has 9 rings (SSSR count). The number of benzene rings is 3. The molecule has 0 bridgehead atoms. The predicted octanol–water partition coefficient (Wildman–Crippen LogP) is 8.98. The molecule has 8 atom stereocenters. The number of aromatic nitrogens is 6. The molecule has 0 spiro atoms. The summed E-state index contributed by atoms with van der Waals surface area (Å²) < 4.78 is 22.7. The van der Waals surface area contributed by atoms with Crippen molar-refractivity contribution in [1.29, 1.82) is 0 Å². The van der Waals surface area contributed by atoms with Crippen molar-refractivity contribution < 1.29 is 24.4 Å². The Labute approximate surface area is 410 Å². The third-order valence-electron chi connectivity index (χ3n) is 13.6. The topological polar surface area (TPSA) is 202 Å². The molecule has 6 heterocycles. The number of nitrogens with one attached hydrogen (secondary N) is 1. The zero-order valence-electron chi connectivity index (χ0n) is 41.1. The zero-order chi connectivity index (χ0) is 49.7. The number of methoxy groups -OCH3 is 1. The number of nitrogens with two attached hydrogens (primary N) is 1. The van der Waals surface area contributed by atoms with Crippen LogP contribution in [-0.2, 0) is 15.0 Å². The summed E-state index contributed by atoms with van der Waals surface area (Å²) >= 11 is 2.24. The summed E-state index contributed by atoms with van der Waals surface area (Å²) in [4.78, 5) is 44.5. The van der Waals surface area contributed by atoms with E-state index >= 15 is 0 Å². The number of nitrogen functional groups attached to an aromatic ring is 1. The van der Waals surface area contributed by atoms with Gasteiger partial charge in [-0.2, -0.15) is 9.97 Å². The molecule has 2 aliphatic heterocycles. The van der Waals surface area contributed by atoms with Crippen molar-refractivity contribution in [3.63, 3.8) is 0 Å². The van der Waals surface area contributed by atoms with Crippen molar-refractivity contribution in [2.24, 2.45) is 22.7 Å². The fraction of sp³-hybridized carbons (Fsp3) is 0.462. The minimum atomic E-state index is -0.884. The van der Waals surface area contributed by atoms with Gasteiger partial charge in [0.15, 0.2) is 11.3 Å². The van der Waals surface area contributed by atoms with E-state index in [1.165, 1.54) is 0 Å². The van der Waals surface area contributed by atoms with Crippen LogP contribution in [-0.4, -0.2) is 70.8 Å². The lowest BCUT2D eigenvalue weighted by Crippen LogP contribution is -2.39. The van der Waals surface area contributed by atoms with Crippen molar-refractivity contribution in [2.45, 2.75) is 124 Å². The van der Waals surface area contributed by atoms with Crippen molar-refractivity contribution in [3.05, 3.63) is 132 Å². The van der Waals surface area contributed by atoms with Crippen LogP contribution in [0, 0.1) is 36.5 Å². The highest BCUT2D eigenvalue weighted by molar-refractivity contribution is 7.16. The number of thiazole rings is 2. The van der Waals surface area contributed by atoms with Gasteiger partial charge in [-0.05, 0) is 80.2 Å². The number of nitrogens with zero attached hydrogens (tertiary/aromatic N) is 6. The highest BCUT2D eigenvalue weighted by Gasteiger charge is 2.47. The molecule has 3 aromatic carbocycles. The van der Waals surface area contributed by atoms with E-state index in [-0.39, 0.29) is 50.6 Å². The number of hydrogen-bond acceptors (Lipinski definition) is 15. The predicted molar refractivity (Wildman–Crippen MR) is 273 cm³/mol. The van der Waals surface area contributed by atoms with Crippen molar-refractivity contribution in [2.75, 3.05) is 18.2 Å². The molecule has 366 valence electrons. The van der Waals surface area contributed by atoms with E-state index in [1.807, 2.05) is 74.5 Å². The number of rotatable bonds is 10. The van der Waals surface area contributed by atoms with Gasteiger partial charge in [-0.15, -0.1) is 0 Å². The molecule has 17 heteroatoms. The summed E-state index contributed by atoms with van der Waals surface area (Å²) in [6, 6.07) is 28.4. The van der Waals surface area contributed by atoms with Crippen LogP contribution >= 0.6 is 22.7 Å². The van der Waals surface area contributed by atoms with Gasteiger partial charge in [-0.1, -0.05) is 137 Å². The maximum absolute atomic E-state index is 13.7. The minimum Gasteiger partial charge on any atom is -0.497 e. The largest absolute Gasteiger partial charge is 0.497 e. The van der Waals surface area contributed by atoms with E-state index in [2.05, 4.69) is 81.1 Å². The quantitative estimate of drug-likeness (QED) is 0.0947. The number of aryl methyl sites for hydroxylation is 2. The first kappa shape index (κ1) is 49.8. The van der Waals surface area contributed by atoms with Crippen molar-refractivity contribution in [1.82, 2.24) is 29.1 Å². The van der Waals surface area contributed by atoms with Crippen LogP contribution < -0.4 is 25.5 Å². The van der Waals surface area contributed by atoms with Gasteiger partial charge in [-0.3, -0.25) is 18.7 Å². The lowest BCUT2D eigenvalue weighted by Gasteiger charge is -2.37. The Bertz CT molecular complexity index is 2990. The number of fused-ring (bicyclic) bond motifs is 2. The second-order valence-corrected chi connectivity index (χ2v) is 22.4. The normalized spacial score (nSPS) is 21.8. The van der Waals surface area contributed by atoms with Crippen LogP contribution in [0.25, 0.3) is 20.7 Å². The maximum Gasteiger partial charge on any atom is 0.311 e. The van der Waals surface area contributed by atoms with E-state index in [0.717, 1.165) is 54.5 Å². The maximum atomic E-state index is 13.7. The van der Waals surface area contributed by atoms with E-state index in [4.69, 9.17) is 29.9 Å². The van der Waals surface area contributed by atoms with Gasteiger partial charge in [0.05, 0.1) is 52.3 Å². The molecule has 0 amide bonds. The van der Waals surface area contributed by atoms with Crippen LogP contribution in [0.1, 0.15) is 109 Å². The highest BCUT2D eigenvalue weighted by atomic mass is 32.1. The van der Waals surface area contributed by atoms with Crippen LogP contribution in [0.5, 0.6) is 5.75 Å². The second kappa shape index (κ2) is 19.3. The van der Waals surface area contributed by atoms with Gasteiger partial charge in [0.2, 0.25) is 11.9 Å². The van der Waals surface area contributed by atoms with Gasteiger partial charge >= 0.3 is 9.75 Å². The molecule has 5 N–H and O–H groups in total. The van der Waals surface area contributed by atoms with Crippen LogP contribution in [0.3, 0.4) is 0 Å². The average Bonchev–Trinajstić information content (AvgIpc) is 4.09. The molecule has 2 saturated heterocycles. The van der Waals surface area contributed by atoms with Gasteiger partial charge in [0, 0.05) is 11.8 Å². The van der Waals surface area contributed by atoms with E-state index in [0.29, 0.717) is 41.5 Å². The highest BCUT2D eigenvalue weighted by Crippen LogP contribution is 2.48. The molecular formula is C52H64N8O7S2. The summed E-state index contributed by atoms with van der Waals surface area (Å²) in [5, 5.41) is 24.2. The minimum absolute atomic E-state index is 0.00805. The first-order chi connectivity index (χ1) is 32.6. The number of anilines is 2. The first-order valence-corrected chi connectivity index (χ1v) is 25.0. The molecule has 2 aliphatic rings. The summed E-state index contributed by atoms with van der Waals surface area (Å²) in [7, 11) is 1.66. The Morgan fingerprint density at radius 3 is 1.51 bits per heavy atom. The molecule has 4 unspecified atom stereocenters. The summed E-state index contributed by atoms with van der Waals surface area (Å²) in [6.07, 6.45) is -1.63. The third kappa shape index (κ3) is 9.69. The van der Waals surface area contributed by atoms with Crippen LogP contribution in [0.15, 0.2) is 94.5 Å². The standard InChI is InChI=1S/C36H40N4O4S.C16H24N4O3S/c1-22-30-31(40(34(42)45-30)32-28(35(3,4)5)21-29(44-32)23(2)41)38-33(37-22)39-36(24-13-9-7-10-14-24,25-15-11-8-12-16-25)26-17-19-27(43-6)20-18-26;1-7-11-12(19-14(17)18-7)20(15(22)24-11)13-9(16(3,4)5)6-10(23-13)8(2)21/h7-20,23,28-29,32,41H,21H2,1-6H3,(H,37,38,39);8-10,13,21H,6H2,1-5H3,(H2,17,18,19)/t23-,28?,29-,32?;8-,9?,10-,13?/m00/s1. The van der Waals surface area contributed by atoms with Gasteiger partial charge in [0.1, 0.15) is 23.7 Å². The van der Waals surface area contributed by atoms with Crippen LogP contribution in [0.4, 0.5) is 11.9 Å². The number of hydrogen-bond donors (Lipinski definition) is 4. The molecular weight excluding hydrogens is 913 g/mol. The van der Waals surface area contributed by atoms with E-state index < -0.39 is 30.2 Å². The van der Waals surface area contributed by atoms with Crippen molar-refractivity contribution >= 4 is 55.3 Å². The smallest absolute Gasteiger partial charge is 0.311 e. The molecule has 69 heavy (non-hydrogen) atoms. The van der Waals surface area contributed by atoms with E-state index in [1.54, 1.807) is 30.1 Å². The monoisotopic (exact) mass is 976 g/mol. The van der Waals surface area contributed by atoms with E-state index in [9.17, 15) is 19.8 Å². The molecule has 4 aromatic heterocycles. The number of ether oxygens (including phenoxy) is 3. The fourth-order valence-electron chi connectivity index (χ4n) is 9.79. The zero-order valence-corrected chi connectivity index (χ0v) is 42.8. The molecule has 2 fully saturated rings.